The van der Waals surface area contributed by atoms with E-state index in [1.54, 1.807) is 0 Å². The molecule has 1 aliphatic heterocycles. The summed E-state index contributed by atoms with van der Waals surface area (Å²) in [5.74, 6) is -0.700. The van der Waals surface area contributed by atoms with Crippen molar-refractivity contribution in [2.24, 2.45) is 17.4 Å². The van der Waals surface area contributed by atoms with Gasteiger partial charge in [-0.05, 0) is 12.8 Å². The zero-order valence-electron chi connectivity index (χ0n) is 6.75. The Bertz CT molecular complexity index is 205. The number of hydrogen-bond acceptors (Lipinski definition) is 3. The molecule has 0 bridgehead atoms. The van der Waals surface area contributed by atoms with Crippen LogP contribution in [0.4, 0.5) is 0 Å². The number of amides is 2. The van der Waals surface area contributed by atoms with E-state index in [9.17, 15) is 9.59 Å². The van der Waals surface area contributed by atoms with Crippen LogP contribution in [0.15, 0.2) is 0 Å². The molecule has 0 aliphatic carbocycles. The highest BCUT2D eigenvalue weighted by Crippen LogP contribution is 2.14. The van der Waals surface area contributed by atoms with Crippen LogP contribution in [0, 0.1) is 5.92 Å². The van der Waals surface area contributed by atoms with Gasteiger partial charge in [0.1, 0.15) is 0 Å². The lowest BCUT2D eigenvalue weighted by atomic mass is 9.99. The minimum Gasteiger partial charge on any atom is -0.368 e. The summed E-state index contributed by atoms with van der Waals surface area (Å²) in [5, 5.41) is 2.67. The molecular weight excluding hydrogens is 158 g/mol. The lowest BCUT2D eigenvalue weighted by molar-refractivity contribution is -0.123. The highest BCUT2D eigenvalue weighted by molar-refractivity contribution is 5.83. The van der Waals surface area contributed by atoms with Crippen LogP contribution in [0.5, 0.6) is 0 Å². The van der Waals surface area contributed by atoms with Gasteiger partial charge in [0.25, 0.3) is 0 Å². The van der Waals surface area contributed by atoms with Crippen molar-refractivity contribution in [3.63, 3.8) is 0 Å². The smallest absolute Gasteiger partial charge is 0.234 e. The SMILES string of the molecule is NC(=O)[C@@H](N)C[C@@H]1CCNC1=O. The molecule has 12 heavy (non-hydrogen) atoms. The van der Waals surface area contributed by atoms with E-state index >= 15 is 0 Å². The molecule has 0 aromatic carbocycles. The Morgan fingerprint density at radius 1 is 1.75 bits per heavy atom. The second-order valence-electron chi connectivity index (χ2n) is 3.02. The summed E-state index contributed by atoms with van der Waals surface area (Å²) in [6, 6.07) is -0.696. The molecule has 1 saturated heterocycles. The highest BCUT2D eigenvalue weighted by atomic mass is 16.2. The Morgan fingerprint density at radius 2 is 2.42 bits per heavy atom. The van der Waals surface area contributed by atoms with Crippen LogP contribution in [0.2, 0.25) is 0 Å². The van der Waals surface area contributed by atoms with Crippen molar-refractivity contribution >= 4 is 11.8 Å². The Hall–Kier alpha value is -1.10. The van der Waals surface area contributed by atoms with Crippen LogP contribution < -0.4 is 16.8 Å². The topological polar surface area (TPSA) is 98.2 Å². The Kier molecular flexibility index (Phi) is 2.65. The van der Waals surface area contributed by atoms with E-state index in [1.807, 2.05) is 0 Å². The molecular formula is C7H13N3O2. The number of hydrogen-bond donors (Lipinski definition) is 3. The zero-order valence-corrected chi connectivity index (χ0v) is 6.75. The molecule has 0 saturated carbocycles. The van der Waals surface area contributed by atoms with E-state index in [4.69, 9.17) is 11.5 Å². The molecule has 0 radical (unpaired) electrons. The average molecular weight is 171 g/mol. The Labute approximate surface area is 70.5 Å². The van der Waals surface area contributed by atoms with Gasteiger partial charge < -0.3 is 16.8 Å². The number of rotatable bonds is 3. The molecule has 0 aromatic heterocycles. The van der Waals surface area contributed by atoms with Crippen molar-refractivity contribution in [2.45, 2.75) is 18.9 Å². The quantitative estimate of drug-likeness (QED) is 0.473. The minimum atomic E-state index is -0.696. The zero-order chi connectivity index (χ0) is 9.14. The fourth-order valence-corrected chi connectivity index (χ4v) is 1.29. The molecule has 5 N–H and O–H groups in total. The van der Waals surface area contributed by atoms with Gasteiger partial charge in [0, 0.05) is 12.5 Å². The van der Waals surface area contributed by atoms with Crippen molar-refractivity contribution in [3.8, 4) is 0 Å². The predicted molar refractivity (Wildman–Crippen MR) is 42.9 cm³/mol. The molecule has 5 heteroatoms. The Balaban J connectivity index is 2.40. The predicted octanol–water partition coefficient (Wildman–Crippen LogP) is -1.67. The molecule has 0 unspecified atom stereocenters. The maximum atomic E-state index is 11.0. The van der Waals surface area contributed by atoms with Crippen molar-refractivity contribution < 1.29 is 9.59 Å². The first kappa shape index (κ1) is 8.99. The number of carbonyl (C=O) groups is 2. The van der Waals surface area contributed by atoms with Gasteiger partial charge in [0.2, 0.25) is 11.8 Å². The molecule has 1 rings (SSSR count). The number of nitrogens with two attached hydrogens (primary N) is 2. The first-order valence-electron chi connectivity index (χ1n) is 3.94. The van der Waals surface area contributed by atoms with Gasteiger partial charge >= 0.3 is 0 Å². The van der Waals surface area contributed by atoms with Gasteiger partial charge in [-0.2, -0.15) is 0 Å². The third kappa shape index (κ3) is 1.94. The molecule has 1 aliphatic rings. The summed E-state index contributed by atoms with van der Waals surface area (Å²) < 4.78 is 0. The first-order valence-corrected chi connectivity index (χ1v) is 3.94. The van der Waals surface area contributed by atoms with Crippen LogP contribution in [-0.2, 0) is 9.59 Å². The molecule has 0 aromatic rings. The first-order chi connectivity index (χ1) is 5.61. The van der Waals surface area contributed by atoms with Gasteiger partial charge in [0.05, 0.1) is 6.04 Å². The van der Waals surface area contributed by atoms with Crippen molar-refractivity contribution in [1.82, 2.24) is 5.32 Å². The number of primary amides is 1. The normalized spacial score (nSPS) is 25.1. The lowest BCUT2D eigenvalue weighted by Crippen LogP contribution is -2.39. The van der Waals surface area contributed by atoms with E-state index in [0.717, 1.165) is 6.42 Å². The monoisotopic (exact) mass is 171 g/mol. The Morgan fingerprint density at radius 3 is 2.83 bits per heavy atom. The molecule has 2 atom stereocenters. The van der Waals surface area contributed by atoms with Gasteiger partial charge in [-0.25, -0.2) is 0 Å². The molecule has 68 valence electrons. The molecule has 1 fully saturated rings. The van der Waals surface area contributed by atoms with Crippen LogP contribution >= 0.6 is 0 Å². The van der Waals surface area contributed by atoms with Crippen LogP contribution in [-0.4, -0.2) is 24.4 Å². The molecule has 2 amide bonds. The van der Waals surface area contributed by atoms with E-state index in [-0.39, 0.29) is 11.8 Å². The second kappa shape index (κ2) is 3.53. The van der Waals surface area contributed by atoms with Crippen LogP contribution in [0.25, 0.3) is 0 Å². The minimum absolute atomic E-state index is 0.0216. The number of carbonyl (C=O) groups excluding carboxylic acids is 2. The number of nitrogens with one attached hydrogen (secondary N) is 1. The second-order valence-corrected chi connectivity index (χ2v) is 3.02. The summed E-state index contributed by atoms with van der Waals surface area (Å²) in [6.45, 7) is 0.676. The molecule has 1 heterocycles. The fourth-order valence-electron chi connectivity index (χ4n) is 1.29. The lowest BCUT2D eigenvalue weighted by Gasteiger charge is -2.10. The van der Waals surface area contributed by atoms with Gasteiger partial charge in [-0.1, -0.05) is 0 Å². The molecule has 5 nitrogen and oxygen atoms in total. The van der Waals surface area contributed by atoms with E-state index in [0.29, 0.717) is 13.0 Å². The van der Waals surface area contributed by atoms with Crippen LogP contribution in [0.1, 0.15) is 12.8 Å². The van der Waals surface area contributed by atoms with E-state index < -0.39 is 11.9 Å². The molecule has 0 spiro atoms. The van der Waals surface area contributed by atoms with Crippen molar-refractivity contribution in [1.29, 1.82) is 0 Å². The summed E-state index contributed by atoms with van der Waals surface area (Å²) in [6.07, 6.45) is 1.11. The summed E-state index contributed by atoms with van der Waals surface area (Å²) in [7, 11) is 0. The van der Waals surface area contributed by atoms with Crippen molar-refractivity contribution in [3.05, 3.63) is 0 Å². The third-order valence-corrected chi connectivity index (χ3v) is 2.07. The summed E-state index contributed by atoms with van der Waals surface area (Å²) >= 11 is 0. The van der Waals surface area contributed by atoms with E-state index in [1.165, 1.54) is 0 Å². The van der Waals surface area contributed by atoms with Gasteiger partial charge in [0.15, 0.2) is 0 Å². The maximum Gasteiger partial charge on any atom is 0.234 e. The van der Waals surface area contributed by atoms with Crippen LogP contribution in [0.3, 0.4) is 0 Å². The average Bonchev–Trinajstić information content (AvgIpc) is 2.36. The van der Waals surface area contributed by atoms with Crippen molar-refractivity contribution in [2.75, 3.05) is 6.54 Å². The van der Waals surface area contributed by atoms with Gasteiger partial charge in [-0.3, -0.25) is 9.59 Å². The largest absolute Gasteiger partial charge is 0.368 e. The summed E-state index contributed by atoms with van der Waals surface area (Å²) in [4.78, 5) is 21.6. The van der Waals surface area contributed by atoms with E-state index in [2.05, 4.69) is 5.32 Å². The third-order valence-electron chi connectivity index (χ3n) is 2.07. The maximum absolute atomic E-state index is 11.0. The highest BCUT2D eigenvalue weighted by Gasteiger charge is 2.27. The fraction of sp³-hybridized carbons (Fsp3) is 0.714. The standard InChI is InChI=1S/C7H13N3O2/c8-5(6(9)11)3-4-1-2-10-7(4)12/h4-5H,1-3,8H2,(H2,9,11)(H,10,12)/t4-,5-/m0/s1. The van der Waals surface area contributed by atoms with Gasteiger partial charge in [-0.15, -0.1) is 0 Å². The summed E-state index contributed by atoms with van der Waals surface area (Å²) in [5.41, 5.74) is 10.4.